The summed E-state index contributed by atoms with van der Waals surface area (Å²) in [7, 11) is 0. The summed E-state index contributed by atoms with van der Waals surface area (Å²) in [5.74, 6) is -0.0619. The van der Waals surface area contributed by atoms with Gasteiger partial charge in [0.15, 0.2) is 5.79 Å². The number of hydrogen-bond donors (Lipinski definition) is 1. The molecule has 3 fully saturated rings. The summed E-state index contributed by atoms with van der Waals surface area (Å²) in [4.78, 5) is 0. The van der Waals surface area contributed by atoms with E-state index < -0.39 is 11.4 Å². The third kappa shape index (κ3) is 1.50. The van der Waals surface area contributed by atoms with Crippen molar-refractivity contribution in [2.45, 2.75) is 62.8 Å². The van der Waals surface area contributed by atoms with Gasteiger partial charge in [-0.2, -0.15) is 0 Å². The van der Waals surface area contributed by atoms with Gasteiger partial charge in [-0.1, -0.05) is 12.2 Å². The van der Waals surface area contributed by atoms with Crippen molar-refractivity contribution in [2.24, 2.45) is 11.3 Å². The zero-order chi connectivity index (χ0) is 13.0. The molecular formula is C16H24O3. The van der Waals surface area contributed by atoms with Gasteiger partial charge >= 0.3 is 0 Å². The number of fused-ring (bicyclic) bond motifs is 1. The Bertz CT molecular complexity index is 399. The average Bonchev–Trinajstić information content (AvgIpc) is 2.94. The highest BCUT2D eigenvalue weighted by Gasteiger charge is 2.65. The summed E-state index contributed by atoms with van der Waals surface area (Å²) < 4.78 is 12.2. The van der Waals surface area contributed by atoms with Gasteiger partial charge in [-0.15, -0.1) is 0 Å². The maximum atomic E-state index is 11.3. The largest absolute Gasteiger partial charge is 0.389 e. The summed E-state index contributed by atoms with van der Waals surface area (Å²) in [6.07, 6.45) is 12.8. The topological polar surface area (TPSA) is 38.7 Å². The molecule has 0 radical (unpaired) electrons. The molecule has 0 amide bonds. The van der Waals surface area contributed by atoms with Crippen molar-refractivity contribution in [3.8, 4) is 0 Å². The van der Waals surface area contributed by atoms with Gasteiger partial charge in [0.25, 0.3) is 0 Å². The highest BCUT2D eigenvalue weighted by Crippen LogP contribution is 2.64. The number of aliphatic hydroxyl groups is 1. The Hall–Kier alpha value is -0.380. The van der Waals surface area contributed by atoms with E-state index in [2.05, 4.69) is 12.2 Å². The third-order valence-electron chi connectivity index (χ3n) is 6.26. The second-order valence-electron chi connectivity index (χ2n) is 6.87. The monoisotopic (exact) mass is 264 g/mol. The molecule has 1 saturated heterocycles. The van der Waals surface area contributed by atoms with Crippen LogP contribution in [0.15, 0.2) is 12.2 Å². The van der Waals surface area contributed by atoms with Gasteiger partial charge in [0.05, 0.1) is 18.8 Å². The van der Waals surface area contributed by atoms with E-state index in [1.165, 1.54) is 0 Å². The van der Waals surface area contributed by atoms with Crippen LogP contribution in [0.25, 0.3) is 0 Å². The molecule has 3 aliphatic carbocycles. The molecule has 1 aliphatic heterocycles. The van der Waals surface area contributed by atoms with E-state index in [0.717, 1.165) is 51.4 Å². The molecule has 0 aromatic carbocycles. The van der Waals surface area contributed by atoms with Crippen LogP contribution in [0, 0.1) is 11.3 Å². The molecule has 4 rings (SSSR count). The van der Waals surface area contributed by atoms with Crippen molar-refractivity contribution >= 4 is 0 Å². The Balaban J connectivity index is 1.80. The van der Waals surface area contributed by atoms with Crippen molar-refractivity contribution in [3.63, 3.8) is 0 Å². The van der Waals surface area contributed by atoms with E-state index in [1.54, 1.807) is 0 Å². The van der Waals surface area contributed by atoms with Crippen LogP contribution in [-0.4, -0.2) is 29.7 Å². The number of rotatable bonds is 0. The summed E-state index contributed by atoms with van der Waals surface area (Å²) in [5.41, 5.74) is -0.494. The highest BCUT2D eigenvalue weighted by atomic mass is 16.7. The molecule has 3 atom stereocenters. The normalized spacial score (nSPS) is 47.9. The minimum Gasteiger partial charge on any atom is -0.389 e. The molecular weight excluding hydrogens is 240 g/mol. The van der Waals surface area contributed by atoms with Gasteiger partial charge in [0, 0.05) is 17.8 Å². The van der Waals surface area contributed by atoms with Gasteiger partial charge in [-0.25, -0.2) is 0 Å². The van der Waals surface area contributed by atoms with Crippen LogP contribution in [0.4, 0.5) is 0 Å². The summed E-state index contributed by atoms with van der Waals surface area (Å²) in [6.45, 7) is 1.43. The lowest BCUT2D eigenvalue weighted by molar-refractivity contribution is -0.269. The average molecular weight is 264 g/mol. The van der Waals surface area contributed by atoms with E-state index in [4.69, 9.17) is 9.47 Å². The fourth-order valence-electron chi connectivity index (χ4n) is 5.49. The summed E-state index contributed by atoms with van der Waals surface area (Å²) in [6, 6.07) is 0. The first-order valence-electron chi connectivity index (χ1n) is 7.86. The van der Waals surface area contributed by atoms with Gasteiger partial charge in [0.2, 0.25) is 0 Å². The lowest BCUT2D eigenvalue weighted by Crippen LogP contribution is -2.58. The van der Waals surface area contributed by atoms with Gasteiger partial charge in [0.1, 0.15) is 0 Å². The third-order valence-corrected chi connectivity index (χ3v) is 6.26. The van der Waals surface area contributed by atoms with Gasteiger partial charge < -0.3 is 14.6 Å². The maximum absolute atomic E-state index is 11.3. The van der Waals surface area contributed by atoms with Crippen LogP contribution >= 0.6 is 0 Å². The van der Waals surface area contributed by atoms with E-state index in [1.807, 2.05) is 0 Å². The van der Waals surface area contributed by atoms with Crippen molar-refractivity contribution in [3.05, 3.63) is 12.2 Å². The van der Waals surface area contributed by atoms with Crippen LogP contribution in [0.3, 0.4) is 0 Å². The second-order valence-corrected chi connectivity index (χ2v) is 6.87. The van der Waals surface area contributed by atoms with Crippen LogP contribution in [-0.2, 0) is 9.47 Å². The maximum Gasteiger partial charge on any atom is 0.172 e. The standard InChI is InChI=1S/C16H24O3/c17-15-8-2-1-5-13-14(15,6-3-9-15)7-4-10-16(13)18-11-12-19-16/h1-2,13,17H,3-12H2/t13-,14-,15-/m1/s1. The molecule has 106 valence electrons. The predicted molar refractivity (Wildman–Crippen MR) is 71.6 cm³/mol. The first kappa shape index (κ1) is 12.4. The predicted octanol–water partition coefficient (Wildman–Crippen LogP) is 2.78. The Morgan fingerprint density at radius 2 is 1.68 bits per heavy atom. The summed E-state index contributed by atoms with van der Waals surface area (Å²) in [5, 5.41) is 11.3. The molecule has 1 N–H and O–H groups in total. The Labute approximate surface area is 115 Å². The first-order chi connectivity index (χ1) is 9.21. The Morgan fingerprint density at radius 3 is 2.47 bits per heavy atom. The van der Waals surface area contributed by atoms with Crippen molar-refractivity contribution in [1.82, 2.24) is 0 Å². The Kier molecular flexibility index (Phi) is 2.64. The zero-order valence-electron chi connectivity index (χ0n) is 11.6. The number of hydrogen-bond acceptors (Lipinski definition) is 3. The van der Waals surface area contributed by atoms with Gasteiger partial charge in [-0.05, 0) is 44.9 Å². The molecule has 0 unspecified atom stereocenters. The molecule has 4 aliphatic rings. The van der Waals surface area contributed by atoms with Crippen LogP contribution in [0.5, 0.6) is 0 Å². The number of ether oxygens (including phenoxy) is 2. The van der Waals surface area contributed by atoms with Crippen molar-refractivity contribution in [1.29, 1.82) is 0 Å². The van der Waals surface area contributed by atoms with Crippen LogP contribution in [0.2, 0.25) is 0 Å². The lowest BCUT2D eigenvalue weighted by Gasteiger charge is -2.55. The first-order valence-corrected chi connectivity index (χ1v) is 7.86. The molecule has 0 aromatic heterocycles. The summed E-state index contributed by atoms with van der Waals surface area (Å²) >= 11 is 0. The second kappa shape index (κ2) is 4.06. The minimum atomic E-state index is -0.520. The smallest absolute Gasteiger partial charge is 0.172 e. The van der Waals surface area contributed by atoms with Crippen molar-refractivity contribution < 1.29 is 14.6 Å². The van der Waals surface area contributed by atoms with Crippen molar-refractivity contribution in [2.75, 3.05) is 13.2 Å². The molecule has 1 heterocycles. The number of allylic oxidation sites excluding steroid dienone is 1. The highest BCUT2D eigenvalue weighted by molar-refractivity contribution is 5.17. The fraction of sp³-hybridized carbons (Fsp3) is 0.875. The Morgan fingerprint density at radius 1 is 0.947 bits per heavy atom. The van der Waals surface area contributed by atoms with E-state index in [-0.39, 0.29) is 5.41 Å². The fourth-order valence-corrected chi connectivity index (χ4v) is 5.49. The molecule has 19 heavy (non-hydrogen) atoms. The quantitative estimate of drug-likeness (QED) is 0.684. The molecule has 2 saturated carbocycles. The lowest BCUT2D eigenvalue weighted by atomic mass is 9.56. The van der Waals surface area contributed by atoms with E-state index in [9.17, 15) is 5.11 Å². The minimum absolute atomic E-state index is 0.0269. The van der Waals surface area contributed by atoms with E-state index in [0.29, 0.717) is 19.1 Å². The van der Waals surface area contributed by atoms with E-state index >= 15 is 0 Å². The molecule has 2 spiro atoms. The zero-order valence-corrected chi connectivity index (χ0v) is 11.6. The van der Waals surface area contributed by atoms with Crippen LogP contribution in [0.1, 0.15) is 51.4 Å². The SMILES string of the molecule is O[C@@]12CC=CC[C@H]3C4(CCC[C@]31CCC2)OCCO4. The van der Waals surface area contributed by atoms with Crippen LogP contribution < -0.4 is 0 Å². The molecule has 0 aromatic rings. The molecule has 0 bridgehead atoms. The van der Waals surface area contributed by atoms with Gasteiger partial charge in [-0.3, -0.25) is 0 Å². The molecule has 3 heteroatoms. The molecule has 3 nitrogen and oxygen atoms in total.